The van der Waals surface area contributed by atoms with Crippen molar-refractivity contribution in [1.82, 2.24) is 20.4 Å². The van der Waals surface area contributed by atoms with Gasteiger partial charge in [-0.1, -0.05) is 0 Å². The van der Waals surface area contributed by atoms with Gasteiger partial charge in [0.2, 0.25) is 11.8 Å². The fraction of sp³-hybridized carbons (Fsp3) is 0.400. The van der Waals surface area contributed by atoms with E-state index in [1.54, 1.807) is 6.92 Å². The number of aromatic amines is 1. The summed E-state index contributed by atoms with van der Waals surface area (Å²) in [6, 6.07) is -0.730. The Morgan fingerprint density at radius 3 is 2.72 bits per heavy atom. The first-order valence-electron chi connectivity index (χ1n) is 5.37. The predicted molar refractivity (Wildman–Crippen MR) is 61.4 cm³/mol. The van der Waals surface area contributed by atoms with Crippen molar-refractivity contribution >= 4 is 23.4 Å². The first-order chi connectivity index (χ1) is 8.41. The summed E-state index contributed by atoms with van der Waals surface area (Å²) in [5.74, 6) is -1.56. The largest absolute Gasteiger partial charge is 0.395 e. The average molecular weight is 251 g/mol. The number of imide groups is 1. The molecule has 0 aromatic carbocycles. The van der Waals surface area contributed by atoms with Crippen molar-refractivity contribution in [2.45, 2.75) is 19.9 Å². The second-order valence-corrected chi connectivity index (χ2v) is 4.13. The van der Waals surface area contributed by atoms with Crippen LogP contribution in [0.25, 0.3) is 0 Å². The lowest BCUT2D eigenvalue weighted by atomic mass is 10.1. The summed E-state index contributed by atoms with van der Waals surface area (Å²) < 4.78 is 0. The second-order valence-electron chi connectivity index (χ2n) is 4.13. The van der Waals surface area contributed by atoms with E-state index in [9.17, 15) is 14.4 Å². The molecule has 1 saturated heterocycles. The van der Waals surface area contributed by atoms with E-state index in [2.05, 4.69) is 15.5 Å². The van der Waals surface area contributed by atoms with Crippen molar-refractivity contribution in [2.24, 2.45) is 0 Å². The van der Waals surface area contributed by atoms with Crippen LogP contribution in [0.3, 0.4) is 0 Å². The Morgan fingerprint density at radius 1 is 1.50 bits per heavy atom. The Labute approximate surface area is 103 Å². The highest BCUT2D eigenvalue weighted by atomic mass is 16.2. The summed E-state index contributed by atoms with van der Waals surface area (Å²) in [7, 11) is 0. The van der Waals surface area contributed by atoms with E-state index in [1.807, 2.05) is 0 Å². The number of aromatic nitrogens is 2. The number of hydrogen-bond donors (Lipinski definition) is 3. The van der Waals surface area contributed by atoms with E-state index >= 15 is 0 Å². The molecule has 0 spiro atoms. The number of amides is 3. The number of aryl methyl sites for hydroxylation is 1. The monoisotopic (exact) mass is 251 g/mol. The lowest BCUT2D eigenvalue weighted by Crippen LogP contribution is -2.58. The van der Waals surface area contributed by atoms with Gasteiger partial charge in [-0.25, -0.2) is 0 Å². The number of rotatable bonds is 1. The Morgan fingerprint density at radius 2 is 2.17 bits per heavy atom. The Kier molecular flexibility index (Phi) is 2.77. The normalized spacial score (nSPS) is 19.9. The van der Waals surface area contributed by atoms with Gasteiger partial charge >= 0.3 is 0 Å². The predicted octanol–water partition coefficient (Wildman–Crippen LogP) is -1.21. The van der Waals surface area contributed by atoms with Crippen molar-refractivity contribution in [1.29, 1.82) is 0 Å². The van der Waals surface area contributed by atoms with Crippen molar-refractivity contribution in [3.8, 4) is 0 Å². The molecular formula is C10H13N5O3. The maximum absolute atomic E-state index is 12.2. The zero-order chi connectivity index (χ0) is 13.4. The molecule has 0 aliphatic carbocycles. The molecule has 1 unspecified atom stereocenters. The fourth-order valence-corrected chi connectivity index (χ4v) is 1.70. The van der Waals surface area contributed by atoms with Crippen LogP contribution in [0.15, 0.2) is 0 Å². The Bertz CT molecular complexity index is 536. The topological polar surface area (TPSA) is 121 Å². The third-order valence-corrected chi connectivity index (χ3v) is 2.88. The molecule has 1 aromatic heterocycles. The number of nitrogens with zero attached hydrogens (tertiary/aromatic N) is 2. The number of carbonyl (C=O) groups excluding carboxylic acids is 3. The average Bonchev–Trinajstić information content (AvgIpc) is 2.64. The molecule has 2 heterocycles. The standard InChI is InChI=1S/C10H13N5O3/c1-4-7(11)8(14-13-4)10(18)15-3-6(16)12-9(17)5(15)2/h5H,3,11H2,1-2H3,(H,13,14)(H,12,16,17). The molecule has 0 saturated carbocycles. The zero-order valence-corrected chi connectivity index (χ0v) is 9.98. The molecule has 8 nitrogen and oxygen atoms in total. The van der Waals surface area contributed by atoms with Gasteiger partial charge in [-0.05, 0) is 13.8 Å². The summed E-state index contributed by atoms with van der Waals surface area (Å²) in [4.78, 5) is 36.0. The molecular weight excluding hydrogens is 238 g/mol. The van der Waals surface area contributed by atoms with Crippen molar-refractivity contribution in [2.75, 3.05) is 12.3 Å². The number of anilines is 1. The maximum Gasteiger partial charge on any atom is 0.277 e. The molecule has 3 amide bonds. The molecule has 0 bridgehead atoms. The molecule has 1 aromatic rings. The van der Waals surface area contributed by atoms with E-state index in [0.29, 0.717) is 5.69 Å². The summed E-state index contributed by atoms with van der Waals surface area (Å²) in [5.41, 5.74) is 6.52. The lowest BCUT2D eigenvalue weighted by molar-refractivity contribution is -0.138. The third-order valence-electron chi connectivity index (χ3n) is 2.88. The van der Waals surface area contributed by atoms with Gasteiger partial charge in [-0.15, -0.1) is 0 Å². The van der Waals surface area contributed by atoms with Gasteiger partial charge in [0.25, 0.3) is 5.91 Å². The minimum atomic E-state index is -0.730. The molecule has 1 aliphatic heterocycles. The molecule has 1 atom stereocenters. The smallest absolute Gasteiger partial charge is 0.277 e. The first-order valence-corrected chi connectivity index (χ1v) is 5.37. The number of H-pyrrole nitrogens is 1. The van der Waals surface area contributed by atoms with Crippen LogP contribution in [0.5, 0.6) is 0 Å². The van der Waals surface area contributed by atoms with E-state index in [4.69, 9.17) is 5.73 Å². The summed E-state index contributed by atoms with van der Waals surface area (Å²) >= 11 is 0. The van der Waals surface area contributed by atoms with Crippen molar-refractivity contribution in [3.63, 3.8) is 0 Å². The molecule has 2 rings (SSSR count). The minimum Gasteiger partial charge on any atom is -0.395 e. The van der Waals surface area contributed by atoms with Gasteiger partial charge in [-0.3, -0.25) is 24.8 Å². The van der Waals surface area contributed by atoms with Crippen molar-refractivity contribution < 1.29 is 14.4 Å². The highest BCUT2D eigenvalue weighted by Crippen LogP contribution is 2.17. The number of nitrogen functional groups attached to an aromatic ring is 1. The third kappa shape index (κ3) is 1.81. The molecule has 4 N–H and O–H groups in total. The molecule has 1 fully saturated rings. The van der Waals surface area contributed by atoms with Crippen LogP contribution in [-0.2, 0) is 9.59 Å². The van der Waals surface area contributed by atoms with Gasteiger partial charge in [0.05, 0.1) is 11.4 Å². The summed E-state index contributed by atoms with van der Waals surface area (Å²) in [5, 5.41) is 8.53. The van der Waals surface area contributed by atoms with Crippen LogP contribution in [0.2, 0.25) is 0 Å². The van der Waals surface area contributed by atoms with Crippen molar-refractivity contribution in [3.05, 3.63) is 11.4 Å². The molecule has 8 heteroatoms. The van der Waals surface area contributed by atoms with E-state index in [1.165, 1.54) is 6.92 Å². The number of nitrogens with one attached hydrogen (secondary N) is 2. The highest BCUT2D eigenvalue weighted by Gasteiger charge is 2.35. The fourth-order valence-electron chi connectivity index (χ4n) is 1.70. The maximum atomic E-state index is 12.2. The second kappa shape index (κ2) is 4.13. The summed E-state index contributed by atoms with van der Waals surface area (Å²) in [6.07, 6.45) is 0. The van der Waals surface area contributed by atoms with Crippen LogP contribution in [0.4, 0.5) is 5.69 Å². The number of carbonyl (C=O) groups is 3. The van der Waals surface area contributed by atoms with Crippen LogP contribution >= 0.6 is 0 Å². The van der Waals surface area contributed by atoms with Gasteiger partial charge in [0.15, 0.2) is 5.69 Å². The lowest BCUT2D eigenvalue weighted by Gasteiger charge is -2.31. The quantitative estimate of drug-likeness (QED) is 0.540. The summed E-state index contributed by atoms with van der Waals surface area (Å²) in [6.45, 7) is 3.03. The molecule has 18 heavy (non-hydrogen) atoms. The first kappa shape index (κ1) is 12.1. The van der Waals surface area contributed by atoms with Crippen LogP contribution in [0, 0.1) is 6.92 Å². The van der Waals surface area contributed by atoms with E-state index < -0.39 is 23.8 Å². The molecule has 96 valence electrons. The van der Waals surface area contributed by atoms with E-state index in [0.717, 1.165) is 4.90 Å². The highest BCUT2D eigenvalue weighted by molar-refractivity contribution is 6.07. The van der Waals surface area contributed by atoms with Gasteiger partial charge in [-0.2, -0.15) is 5.10 Å². The molecule has 0 radical (unpaired) electrons. The van der Waals surface area contributed by atoms with Gasteiger partial charge < -0.3 is 10.6 Å². The Balaban J connectivity index is 2.30. The Hall–Kier alpha value is -2.38. The minimum absolute atomic E-state index is 0.0295. The SMILES string of the molecule is Cc1[nH]nc(C(=O)N2CC(=O)NC(=O)C2C)c1N. The van der Waals surface area contributed by atoms with Gasteiger partial charge in [0, 0.05) is 0 Å². The number of nitrogens with two attached hydrogens (primary N) is 1. The number of piperazine rings is 1. The van der Waals surface area contributed by atoms with Crippen LogP contribution < -0.4 is 11.1 Å². The van der Waals surface area contributed by atoms with Crippen LogP contribution in [0.1, 0.15) is 23.1 Å². The van der Waals surface area contributed by atoms with Crippen LogP contribution in [-0.4, -0.2) is 45.4 Å². The zero-order valence-electron chi connectivity index (χ0n) is 9.98. The molecule has 1 aliphatic rings. The van der Waals surface area contributed by atoms with Gasteiger partial charge in [0.1, 0.15) is 12.6 Å². The number of hydrogen-bond acceptors (Lipinski definition) is 5. The van der Waals surface area contributed by atoms with E-state index in [-0.39, 0.29) is 17.9 Å².